The lowest BCUT2D eigenvalue weighted by Crippen LogP contribution is -2.46. The third-order valence-electron chi connectivity index (χ3n) is 3.60. The fraction of sp³-hybridized carbons (Fsp3) is 0.250. The van der Waals surface area contributed by atoms with Crippen LogP contribution in [0, 0.1) is 17.6 Å². The Morgan fingerprint density at radius 1 is 1.10 bits per heavy atom. The first-order chi connectivity index (χ1) is 10.1. The molecule has 1 unspecified atom stereocenters. The van der Waals surface area contributed by atoms with Gasteiger partial charge in [-0.25, -0.2) is 8.78 Å². The topological polar surface area (TPSA) is 21.3 Å². The SMILES string of the molecule is Fc1ccc(C(Oc2ccccc2Cl)C2CNC2)cc1F. The van der Waals surface area contributed by atoms with Gasteiger partial charge in [-0.1, -0.05) is 29.8 Å². The highest BCUT2D eigenvalue weighted by atomic mass is 35.5. The predicted octanol–water partition coefficient (Wildman–Crippen LogP) is 3.96. The summed E-state index contributed by atoms with van der Waals surface area (Å²) in [5.74, 6) is -0.985. The molecule has 21 heavy (non-hydrogen) atoms. The van der Waals surface area contributed by atoms with Crippen LogP contribution in [0.25, 0.3) is 0 Å². The van der Waals surface area contributed by atoms with E-state index in [1.807, 2.05) is 12.1 Å². The second-order valence-corrected chi connectivity index (χ2v) is 5.47. The molecule has 0 saturated carbocycles. The van der Waals surface area contributed by atoms with E-state index >= 15 is 0 Å². The van der Waals surface area contributed by atoms with Gasteiger partial charge in [0.15, 0.2) is 11.6 Å². The molecule has 1 aliphatic rings. The van der Waals surface area contributed by atoms with Crippen LogP contribution < -0.4 is 10.1 Å². The van der Waals surface area contributed by atoms with Gasteiger partial charge in [0.2, 0.25) is 0 Å². The van der Waals surface area contributed by atoms with Crippen LogP contribution in [0.3, 0.4) is 0 Å². The molecule has 0 spiro atoms. The van der Waals surface area contributed by atoms with Gasteiger partial charge in [0.1, 0.15) is 11.9 Å². The van der Waals surface area contributed by atoms with Crippen molar-refractivity contribution < 1.29 is 13.5 Å². The Morgan fingerprint density at radius 2 is 1.86 bits per heavy atom. The minimum Gasteiger partial charge on any atom is -0.484 e. The highest BCUT2D eigenvalue weighted by Crippen LogP contribution is 2.34. The van der Waals surface area contributed by atoms with Crippen LogP contribution in [-0.4, -0.2) is 13.1 Å². The first kappa shape index (κ1) is 14.3. The van der Waals surface area contributed by atoms with E-state index in [1.165, 1.54) is 6.07 Å². The Hall–Kier alpha value is -1.65. The molecule has 2 nitrogen and oxygen atoms in total. The van der Waals surface area contributed by atoms with E-state index in [1.54, 1.807) is 18.2 Å². The summed E-state index contributed by atoms with van der Waals surface area (Å²) in [6, 6.07) is 11.0. The van der Waals surface area contributed by atoms with Crippen molar-refractivity contribution in [3.05, 3.63) is 64.7 Å². The molecule has 1 N–H and O–H groups in total. The number of ether oxygens (including phenoxy) is 1. The lowest BCUT2D eigenvalue weighted by atomic mass is 9.90. The monoisotopic (exact) mass is 309 g/mol. The smallest absolute Gasteiger partial charge is 0.159 e. The van der Waals surface area contributed by atoms with Crippen LogP contribution in [0.5, 0.6) is 5.75 Å². The summed E-state index contributed by atoms with van der Waals surface area (Å²) in [7, 11) is 0. The molecule has 0 bridgehead atoms. The van der Waals surface area contributed by atoms with Crippen molar-refractivity contribution in [2.24, 2.45) is 5.92 Å². The van der Waals surface area contributed by atoms with E-state index in [4.69, 9.17) is 16.3 Å². The molecular formula is C16H14ClF2NO. The molecule has 1 saturated heterocycles. The Bertz CT molecular complexity index is 646. The van der Waals surface area contributed by atoms with Crippen molar-refractivity contribution >= 4 is 11.6 Å². The molecular weight excluding hydrogens is 296 g/mol. The summed E-state index contributed by atoms with van der Waals surface area (Å²) in [5.41, 5.74) is 0.611. The van der Waals surface area contributed by atoms with E-state index in [0.717, 1.165) is 19.2 Å². The quantitative estimate of drug-likeness (QED) is 0.923. The Balaban J connectivity index is 1.90. The summed E-state index contributed by atoms with van der Waals surface area (Å²) >= 11 is 6.10. The van der Waals surface area contributed by atoms with Crippen molar-refractivity contribution in [1.29, 1.82) is 0 Å². The molecule has 0 aliphatic carbocycles. The molecule has 1 aliphatic heterocycles. The molecule has 5 heteroatoms. The third kappa shape index (κ3) is 3.01. The zero-order valence-electron chi connectivity index (χ0n) is 11.2. The third-order valence-corrected chi connectivity index (χ3v) is 3.92. The number of halogens is 3. The van der Waals surface area contributed by atoms with Crippen LogP contribution >= 0.6 is 11.6 Å². The molecule has 1 atom stereocenters. The number of hydrogen-bond donors (Lipinski definition) is 1. The van der Waals surface area contributed by atoms with Gasteiger partial charge in [0, 0.05) is 19.0 Å². The normalized spacial score (nSPS) is 16.3. The Kier molecular flexibility index (Phi) is 4.08. The van der Waals surface area contributed by atoms with E-state index in [9.17, 15) is 8.78 Å². The molecule has 0 radical (unpaired) electrons. The minimum atomic E-state index is -0.868. The van der Waals surface area contributed by atoms with Gasteiger partial charge in [0.05, 0.1) is 5.02 Å². The molecule has 1 heterocycles. The highest BCUT2D eigenvalue weighted by molar-refractivity contribution is 6.32. The van der Waals surface area contributed by atoms with Crippen LogP contribution in [0.2, 0.25) is 5.02 Å². The Labute approximate surface area is 126 Å². The number of hydrogen-bond acceptors (Lipinski definition) is 2. The maximum Gasteiger partial charge on any atom is 0.159 e. The maximum atomic E-state index is 13.5. The van der Waals surface area contributed by atoms with E-state index < -0.39 is 11.6 Å². The number of nitrogens with one attached hydrogen (secondary N) is 1. The average Bonchev–Trinajstić information content (AvgIpc) is 2.41. The van der Waals surface area contributed by atoms with Gasteiger partial charge < -0.3 is 10.1 Å². The predicted molar refractivity (Wildman–Crippen MR) is 77.5 cm³/mol. The maximum absolute atomic E-state index is 13.5. The molecule has 1 fully saturated rings. The molecule has 2 aromatic rings. The summed E-state index contributed by atoms with van der Waals surface area (Å²) in [5, 5.41) is 3.65. The van der Waals surface area contributed by atoms with Crippen molar-refractivity contribution in [1.82, 2.24) is 5.32 Å². The van der Waals surface area contributed by atoms with E-state index in [0.29, 0.717) is 16.3 Å². The summed E-state index contributed by atoms with van der Waals surface area (Å²) in [6.07, 6.45) is -0.360. The Morgan fingerprint density at radius 3 is 2.48 bits per heavy atom. The van der Waals surface area contributed by atoms with Gasteiger partial charge in [-0.05, 0) is 29.8 Å². The van der Waals surface area contributed by atoms with Crippen molar-refractivity contribution in [2.75, 3.05) is 13.1 Å². The van der Waals surface area contributed by atoms with Gasteiger partial charge in [-0.15, -0.1) is 0 Å². The summed E-state index contributed by atoms with van der Waals surface area (Å²) in [4.78, 5) is 0. The van der Waals surface area contributed by atoms with Gasteiger partial charge >= 0.3 is 0 Å². The van der Waals surface area contributed by atoms with Crippen LogP contribution in [0.15, 0.2) is 42.5 Å². The molecule has 0 aromatic heterocycles. The van der Waals surface area contributed by atoms with Crippen molar-refractivity contribution in [3.8, 4) is 5.75 Å². The average molecular weight is 310 g/mol. The zero-order chi connectivity index (χ0) is 14.8. The number of para-hydroxylation sites is 1. The number of benzene rings is 2. The van der Waals surface area contributed by atoms with Crippen LogP contribution in [0.4, 0.5) is 8.78 Å². The molecule has 110 valence electrons. The van der Waals surface area contributed by atoms with Crippen molar-refractivity contribution in [3.63, 3.8) is 0 Å². The van der Waals surface area contributed by atoms with Gasteiger partial charge in [0.25, 0.3) is 0 Å². The largest absolute Gasteiger partial charge is 0.484 e. The van der Waals surface area contributed by atoms with Crippen molar-refractivity contribution in [2.45, 2.75) is 6.10 Å². The summed E-state index contributed by atoms with van der Waals surface area (Å²) < 4.78 is 32.5. The second-order valence-electron chi connectivity index (χ2n) is 5.06. The first-order valence-corrected chi connectivity index (χ1v) is 7.10. The lowest BCUT2D eigenvalue weighted by molar-refractivity contribution is 0.0990. The minimum absolute atomic E-state index is 0.200. The fourth-order valence-electron chi connectivity index (χ4n) is 2.33. The van der Waals surface area contributed by atoms with E-state index in [2.05, 4.69) is 5.32 Å². The van der Waals surface area contributed by atoms with Gasteiger partial charge in [-0.3, -0.25) is 0 Å². The lowest BCUT2D eigenvalue weighted by Gasteiger charge is -2.35. The van der Waals surface area contributed by atoms with E-state index in [-0.39, 0.29) is 12.0 Å². The standard InChI is InChI=1S/C16H14ClF2NO/c17-12-3-1-2-4-15(12)21-16(11-8-20-9-11)10-5-6-13(18)14(19)7-10/h1-7,11,16,20H,8-9H2. The zero-order valence-corrected chi connectivity index (χ0v) is 11.9. The molecule has 3 rings (SSSR count). The van der Waals surface area contributed by atoms with Crippen LogP contribution in [-0.2, 0) is 0 Å². The second kappa shape index (κ2) is 6.00. The molecule has 2 aromatic carbocycles. The number of rotatable bonds is 4. The van der Waals surface area contributed by atoms with Gasteiger partial charge in [-0.2, -0.15) is 0 Å². The first-order valence-electron chi connectivity index (χ1n) is 6.72. The summed E-state index contributed by atoms with van der Waals surface area (Å²) in [6.45, 7) is 1.54. The van der Waals surface area contributed by atoms with Crippen LogP contribution in [0.1, 0.15) is 11.7 Å². The fourth-order valence-corrected chi connectivity index (χ4v) is 2.51. The molecule has 0 amide bonds. The highest BCUT2D eigenvalue weighted by Gasteiger charge is 2.31.